The molecule has 2 aromatic rings. The van der Waals surface area contributed by atoms with Crippen molar-refractivity contribution < 1.29 is 9.72 Å². The maximum absolute atomic E-state index is 12.1. The highest BCUT2D eigenvalue weighted by Crippen LogP contribution is 2.20. The average Bonchev–Trinajstić information content (AvgIpc) is 2.38. The first-order chi connectivity index (χ1) is 8.59. The lowest BCUT2D eigenvalue weighted by atomic mass is 10.1. The number of hydrogen-bond acceptors (Lipinski definition) is 5. The average molecular weight is 264 g/mol. The molecule has 90 valence electrons. The molecule has 0 aliphatic rings. The predicted molar refractivity (Wildman–Crippen MR) is 63.6 cm³/mol. The number of nitrogens with zero attached hydrogens (tertiary/aromatic N) is 3. The van der Waals surface area contributed by atoms with Gasteiger partial charge >= 0.3 is 0 Å². The third-order valence-electron chi connectivity index (χ3n) is 2.20. The van der Waals surface area contributed by atoms with Crippen molar-refractivity contribution in [2.24, 2.45) is 0 Å². The van der Waals surface area contributed by atoms with E-state index in [0.717, 1.165) is 0 Å². The largest absolute Gasteiger partial charge is 0.287 e. The Hall–Kier alpha value is -2.34. The molecule has 18 heavy (non-hydrogen) atoms. The van der Waals surface area contributed by atoms with Crippen LogP contribution in [0.2, 0.25) is 5.28 Å². The van der Waals surface area contributed by atoms with Crippen molar-refractivity contribution in [3.63, 3.8) is 0 Å². The standard InChI is InChI=1S/C11H6ClN3O3/c12-11-13-6-5-8(14-11)10(16)7-3-1-2-4-9(7)15(17)18/h1-6H. The van der Waals surface area contributed by atoms with Gasteiger partial charge in [-0.25, -0.2) is 9.97 Å². The minimum atomic E-state index is -0.615. The number of carbonyl (C=O) groups excluding carboxylic acids is 1. The van der Waals surface area contributed by atoms with Crippen LogP contribution >= 0.6 is 11.6 Å². The molecule has 0 N–H and O–H groups in total. The summed E-state index contributed by atoms with van der Waals surface area (Å²) in [4.78, 5) is 29.6. The third-order valence-corrected chi connectivity index (χ3v) is 2.39. The van der Waals surface area contributed by atoms with E-state index in [4.69, 9.17) is 11.6 Å². The summed E-state index contributed by atoms with van der Waals surface area (Å²) in [5.74, 6) is -0.563. The van der Waals surface area contributed by atoms with Crippen LogP contribution in [-0.2, 0) is 0 Å². The zero-order valence-corrected chi connectivity index (χ0v) is 9.66. The molecule has 0 fully saturated rings. The Morgan fingerprint density at radius 1 is 1.28 bits per heavy atom. The SMILES string of the molecule is O=C(c1ccnc(Cl)n1)c1ccccc1[N+](=O)[O-]. The van der Waals surface area contributed by atoms with E-state index in [1.54, 1.807) is 6.07 Å². The number of benzene rings is 1. The number of ketones is 1. The number of halogens is 1. The van der Waals surface area contributed by atoms with Gasteiger partial charge in [0.05, 0.1) is 4.92 Å². The van der Waals surface area contributed by atoms with Gasteiger partial charge in [0.1, 0.15) is 11.3 Å². The van der Waals surface area contributed by atoms with Crippen LogP contribution in [0.4, 0.5) is 5.69 Å². The molecule has 1 heterocycles. The second-order valence-electron chi connectivity index (χ2n) is 3.31. The Balaban J connectivity index is 2.50. The van der Waals surface area contributed by atoms with Crippen LogP contribution in [0.1, 0.15) is 16.1 Å². The van der Waals surface area contributed by atoms with E-state index < -0.39 is 10.7 Å². The fraction of sp³-hybridized carbons (Fsp3) is 0. The van der Waals surface area contributed by atoms with E-state index in [1.807, 2.05) is 0 Å². The van der Waals surface area contributed by atoms with Gasteiger partial charge in [-0.05, 0) is 23.7 Å². The summed E-state index contributed by atoms with van der Waals surface area (Å²) in [6.45, 7) is 0. The summed E-state index contributed by atoms with van der Waals surface area (Å²) in [6, 6.07) is 7.02. The van der Waals surface area contributed by atoms with E-state index in [-0.39, 0.29) is 22.2 Å². The minimum Gasteiger partial charge on any atom is -0.287 e. The number of aromatic nitrogens is 2. The van der Waals surface area contributed by atoms with Crippen LogP contribution < -0.4 is 0 Å². The number of hydrogen-bond donors (Lipinski definition) is 0. The van der Waals surface area contributed by atoms with Crippen LogP contribution in [0, 0.1) is 10.1 Å². The number of nitro benzene ring substituents is 1. The molecule has 0 aliphatic heterocycles. The quantitative estimate of drug-likeness (QED) is 0.367. The fourth-order valence-corrected chi connectivity index (χ4v) is 1.57. The number of para-hydroxylation sites is 1. The Morgan fingerprint density at radius 3 is 2.67 bits per heavy atom. The van der Waals surface area contributed by atoms with E-state index in [2.05, 4.69) is 9.97 Å². The Kier molecular flexibility index (Phi) is 3.29. The van der Waals surface area contributed by atoms with E-state index >= 15 is 0 Å². The normalized spacial score (nSPS) is 10.1. The maximum Gasteiger partial charge on any atom is 0.280 e. The molecule has 1 aromatic heterocycles. The summed E-state index contributed by atoms with van der Waals surface area (Å²) in [5, 5.41) is 10.7. The Labute approximate surface area is 106 Å². The summed E-state index contributed by atoms with van der Waals surface area (Å²) < 4.78 is 0. The molecule has 0 saturated heterocycles. The molecular formula is C11H6ClN3O3. The first kappa shape index (κ1) is 12.1. The fourth-order valence-electron chi connectivity index (χ4n) is 1.42. The monoisotopic (exact) mass is 263 g/mol. The van der Waals surface area contributed by atoms with Crippen molar-refractivity contribution >= 4 is 23.1 Å². The lowest BCUT2D eigenvalue weighted by molar-refractivity contribution is -0.385. The minimum absolute atomic E-state index is 0.0179. The number of nitro groups is 1. The van der Waals surface area contributed by atoms with Crippen LogP contribution in [0.15, 0.2) is 36.5 Å². The van der Waals surface area contributed by atoms with Gasteiger partial charge < -0.3 is 0 Å². The molecule has 0 radical (unpaired) electrons. The van der Waals surface area contributed by atoms with Gasteiger partial charge in [-0.3, -0.25) is 14.9 Å². The third kappa shape index (κ3) is 2.33. The van der Waals surface area contributed by atoms with Crippen molar-refractivity contribution in [2.75, 3.05) is 0 Å². The smallest absolute Gasteiger partial charge is 0.280 e. The van der Waals surface area contributed by atoms with Gasteiger partial charge in [0.2, 0.25) is 11.1 Å². The highest BCUT2D eigenvalue weighted by molar-refractivity contribution is 6.28. The molecule has 0 bridgehead atoms. The Bertz CT molecular complexity index is 630. The lowest BCUT2D eigenvalue weighted by Crippen LogP contribution is -2.07. The van der Waals surface area contributed by atoms with Gasteiger partial charge in [-0.1, -0.05) is 12.1 Å². The second-order valence-corrected chi connectivity index (χ2v) is 3.65. The van der Waals surface area contributed by atoms with Crippen molar-refractivity contribution in [3.05, 3.63) is 63.2 Å². The molecular weight excluding hydrogens is 258 g/mol. The predicted octanol–water partition coefficient (Wildman–Crippen LogP) is 2.27. The van der Waals surface area contributed by atoms with E-state index in [0.29, 0.717) is 0 Å². The number of rotatable bonds is 3. The van der Waals surface area contributed by atoms with Gasteiger partial charge in [-0.2, -0.15) is 0 Å². The molecule has 0 aliphatic carbocycles. The van der Waals surface area contributed by atoms with Crippen molar-refractivity contribution in [2.45, 2.75) is 0 Å². The zero-order valence-electron chi connectivity index (χ0n) is 8.91. The zero-order chi connectivity index (χ0) is 13.1. The highest BCUT2D eigenvalue weighted by Gasteiger charge is 2.21. The van der Waals surface area contributed by atoms with Gasteiger partial charge in [0.25, 0.3) is 5.69 Å². The van der Waals surface area contributed by atoms with Crippen molar-refractivity contribution in [3.8, 4) is 0 Å². The van der Waals surface area contributed by atoms with Crippen LogP contribution in [0.25, 0.3) is 0 Å². The van der Waals surface area contributed by atoms with Crippen LogP contribution in [0.3, 0.4) is 0 Å². The van der Waals surface area contributed by atoms with E-state index in [9.17, 15) is 14.9 Å². The number of carbonyl (C=O) groups is 1. The summed E-state index contributed by atoms with van der Waals surface area (Å²) >= 11 is 5.57. The lowest BCUT2D eigenvalue weighted by Gasteiger charge is -2.01. The van der Waals surface area contributed by atoms with Crippen LogP contribution in [0.5, 0.6) is 0 Å². The molecule has 6 nitrogen and oxygen atoms in total. The molecule has 0 unspecified atom stereocenters. The van der Waals surface area contributed by atoms with E-state index in [1.165, 1.54) is 30.5 Å². The maximum atomic E-state index is 12.1. The highest BCUT2D eigenvalue weighted by atomic mass is 35.5. The van der Waals surface area contributed by atoms with Crippen molar-refractivity contribution in [1.82, 2.24) is 9.97 Å². The topological polar surface area (TPSA) is 86.0 Å². The first-order valence-electron chi connectivity index (χ1n) is 4.86. The Morgan fingerprint density at radius 2 is 2.00 bits per heavy atom. The second kappa shape index (κ2) is 4.89. The molecule has 2 rings (SSSR count). The molecule has 1 aromatic carbocycles. The molecule has 0 atom stereocenters. The molecule has 0 spiro atoms. The summed E-state index contributed by atoms with van der Waals surface area (Å²) in [7, 11) is 0. The van der Waals surface area contributed by atoms with Gasteiger partial charge in [0, 0.05) is 12.3 Å². The van der Waals surface area contributed by atoms with Crippen LogP contribution in [-0.4, -0.2) is 20.7 Å². The molecule has 0 saturated carbocycles. The first-order valence-corrected chi connectivity index (χ1v) is 5.24. The molecule has 0 amide bonds. The van der Waals surface area contributed by atoms with Gasteiger partial charge in [-0.15, -0.1) is 0 Å². The van der Waals surface area contributed by atoms with Gasteiger partial charge in [0.15, 0.2) is 0 Å². The van der Waals surface area contributed by atoms with Crippen molar-refractivity contribution in [1.29, 1.82) is 0 Å². The summed E-state index contributed by atoms with van der Waals surface area (Å²) in [6.07, 6.45) is 1.32. The summed E-state index contributed by atoms with van der Waals surface area (Å²) in [5.41, 5.74) is -0.279. The molecule has 7 heteroatoms.